The summed E-state index contributed by atoms with van der Waals surface area (Å²) >= 11 is 0. The second kappa shape index (κ2) is 12.1. The van der Waals surface area contributed by atoms with Gasteiger partial charge in [0.05, 0.1) is 18.9 Å². The topological polar surface area (TPSA) is 77.9 Å². The van der Waals surface area contributed by atoms with Gasteiger partial charge in [0.2, 0.25) is 5.88 Å². The number of aliphatic hydroxyl groups excluding tert-OH is 2. The lowest BCUT2D eigenvalue weighted by molar-refractivity contribution is 0.304. The molecule has 1 aliphatic heterocycles. The number of pyridine rings is 1. The number of nitrogens with zero attached hydrogens (tertiary/aromatic N) is 2. The Morgan fingerprint density at radius 3 is 2.29 bits per heavy atom. The number of rotatable bonds is 8. The van der Waals surface area contributed by atoms with E-state index in [1.165, 1.54) is 6.42 Å². The fourth-order valence-electron chi connectivity index (χ4n) is 3.19. The molecule has 0 saturated heterocycles. The number of nitrogens with one attached hydrogen (secondary N) is 1. The maximum atomic E-state index is 14.0. The zero-order valence-corrected chi connectivity index (χ0v) is 19.6. The molecule has 0 fully saturated rings. The molecule has 0 radical (unpaired) electrons. The third kappa shape index (κ3) is 6.11. The number of allylic oxidation sites excluding steroid dienone is 1. The molecular weight excluding hydrogens is 447 g/mol. The summed E-state index contributed by atoms with van der Waals surface area (Å²) in [5.41, 5.74) is 1.26. The van der Waals surface area contributed by atoms with Crippen LogP contribution in [0, 0.1) is 17.5 Å². The lowest BCUT2D eigenvalue weighted by atomic mass is 9.95. The number of ether oxygens (including phenoxy) is 1. The number of aliphatic hydroxyl groups is 2. The Labute approximate surface area is 197 Å². The van der Waals surface area contributed by atoms with Crippen LogP contribution >= 0.6 is 0 Å². The Bertz CT molecular complexity index is 1060. The fraction of sp³-hybridized carbons (Fsp3) is 0.320. The quantitative estimate of drug-likeness (QED) is 0.423. The van der Waals surface area contributed by atoms with Crippen LogP contribution in [0.1, 0.15) is 38.3 Å². The number of hydrogen-bond acceptors (Lipinski definition) is 6. The minimum atomic E-state index is -1.02. The molecule has 2 aromatic rings. The van der Waals surface area contributed by atoms with E-state index in [1.807, 2.05) is 0 Å². The SMILES string of the molecule is C=C(O)C1=CN(CCO)c2nc(OCC)c(NCc3c(F)cc(F)cc3F)cc2C1=C.CCC. The largest absolute Gasteiger partial charge is 0.508 e. The van der Waals surface area contributed by atoms with Gasteiger partial charge >= 0.3 is 0 Å². The van der Waals surface area contributed by atoms with E-state index in [2.05, 4.69) is 37.3 Å². The Kier molecular flexibility index (Phi) is 9.56. The lowest BCUT2D eigenvalue weighted by Gasteiger charge is -2.30. The maximum Gasteiger partial charge on any atom is 0.239 e. The molecule has 0 bridgehead atoms. The first-order chi connectivity index (χ1) is 16.2. The Hall–Kier alpha value is -3.46. The van der Waals surface area contributed by atoms with Crippen LogP contribution in [0.4, 0.5) is 24.7 Å². The van der Waals surface area contributed by atoms with Crippen molar-refractivity contribution in [2.45, 2.75) is 33.7 Å². The van der Waals surface area contributed by atoms with E-state index in [-0.39, 0.29) is 43.5 Å². The van der Waals surface area contributed by atoms with Crippen molar-refractivity contribution in [3.8, 4) is 5.88 Å². The lowest BCUT2D eigenvalue weighted by Crippen LogP contribution is -2.27. The highest BCUT2D eigenvalue weighted by molar-refractivity contribution is 5.91. The number of benzene rings is 1. The first-order valence-corrected chi connectivity index (χ1v) is 10.9. The van der Waals surface area contributed by atoms with Crippen LogP contribution in [-0.4, -0.2) is 35.0 Å². The van der Waals surface area contributed by atoms with Crippen molar-refractivity contribution in [3.63, 3.8) is 0 Å². The van der Waals surface area contributed by atoms with Crippen LogP contribution in [0.3, 0.4) is 0 Å². The number of fused-ring (bicyclic) bond motifs is 1. The predicted molar refractivity (Wildman–Crippen MR) is 128 cm³/mol. The van der Waals surface area contributed by atoms with Gasteiger partial charge in [0.1, 0.15) is 29.0 Å². The molecule has 1 aromatic heterocycles. The fourth-order valence-corrected chi connectivity index (χ4v) is 3.19. The van der Waals surface area contributed by atoms with Gasteiger partial charge in [-0.15, -0.1) is 0 Å². The minimum absolute atomic E-state index is 0.166. The summed E-state index contributed by atoms with van der Waals surface area (Å²) < 4.78 is 46.8. The average Bonchev–Trinajstić information content (AvgIpc) is 2.76. The standard InChI is InChI=1S/C22H22F3N3O3.C3H8/c1-4-31-22-20(26-10-16-18(24)7-14(23)8-19(16)25)9-15-12(2)17(13(3)30)11-28(5-6-29)21(15)27-22;1-3-2/h7-9,11,26,29-30H,2-6,10H2,1H3;3H2,1-2H3. The average molecular weight is 478 g/mol. The number of hydrogen-bond donors (Lipinski definition) is 3. The maximum absolute atomic E-state index is 14.0. The number of halogens is 3. The highest BCUT2D eigenvalue weighted by Crippen LogP contribution is 2.41. The molecular formula is C25H30F3N3O3. The highest BCUT2D eigenvalue weighted by atomic mass is 19.1. The molecule has 0 spiro atoms. The molecule has 6 nitrogen and oxygen atoms in total. The molecule has 0 unspecified atom stereocenters. The van der Waals surface area contributed by atoms with Crippen molar-refractivity contribution in [2.75, 3.05) is 30.0 Å². The molecule has 3 N–H and O–H groups in total. The van der Waals surface area contributed by atoms with E-state index in [0.717, 1.165) is 0 Å². The Morgan fingerprint density at radius 2 is 1.76 bits per heavy atom. The van der Waals surface area contributed by atoms with Gasteiger partial charge in [0.15, 0.2) is 0 Å². The second-order valence-corrected chi connectivity index (χ2v) is 7.44. The van der Waals surface area contributed by atoms with E-state index >= 15 is 0 Å². The van der Waals surface area contributed by atoms with E-state index < -0.39 is 17.5 Å². The van der Waals surface area contributed by atoms with Gasteiger partial charge in [0.25, 0.3) is 0 Å². The molecule has 184 valence electrons. The first kappa shape index (κ1) is 26.8. The van der Waals surface area contributed by atoms with E-state index in [1.54, 1.807) is 24.1 Å². The number of β-amino-alcohol motifs (C(OH)–C–C–N with tert-alkyl or cyclic N) is 1. The van der Waals surface area contributed by atoms with Crippen molar-refractivity contribution in [2.24, 2.45) is 0 Å². The monoisotopic (exact) mass is 477 g/mol. The van der Waals surface area contributed by atoms with Crippen molar-refractivity contribution in [1.29, 1.82) is 0 Å². The van der Waals surface area contributed by atoms with E-state index in [0.29, 0.717) is 40.3 Å². The van der Waals surface area contributed by atoms with Gasteiger partial charge in [-0.05, 0) is 18.6 Å². The predicted octanol–water partition coefficient (Wildman–Crippen LogP) is 5.71. The third-order valence-electron chi connectivity index (χ3n) is 4.67. The number of anilines is 2. The summed E-state index contributed by atoms with van der Waals surface area (Å²) in [4.78, 5) is 6.10. The van der Waals surface area contributed by atoms with Crippen molar-refractivity contribution in [1.82, 2.24) is 4.98 Å². The van der Waals surface area contributed by atoms with E-state index in [4.69, 9.17) is 4.74 Å². The van der Waals surface area contributed by atoms with Crippen LogP contribution < -0.4 is 15.0 Å². The summed E-state index contributed by atoms with van der Waals surface area (Å²) in [7, 11) is 0. The highest BCUT2D eigenvalue weighted by Gasteiger charge is 2.26. The van der Waals surface area contributed by atoms with Gasteiger partial charge in [-0.25, -0.2) is 13.2 Å². The van der Waals surface area contributed by atoms with Crippen LogP contribution in [0.5, 0.6) is 5.88 Å². The first-order valence-electron chi connectivity index (χ1n) is 10.9. The van der Waals surface area contributed by atoms with Gasteiger partial charge in [-0.2, -0.15) is 4.98 Å². The van der Waals surface area contributed by atoms with Gasteiger partial charge in [-0.1, -0.05) is 33.4 Å². The van der Waals surface area contributed by atoms with Crippen LogP contribution in [-0.2, 0) is 6.54 Å². The Balaban J connectivity index is 0.00000129. The molecule has 1 aromatic carbocycles. The van der Waals surface area contributed by atoms with Crippen LogP contribution in [0.2, 0.25) is 0 Å². The van der Waals surface area contributed by atoms with Crippen molar-refractivity contribution >= 4 is 17.1 Å². The van der Waals surface area contributed by atoms with Crippen molar-refractivity contribution in [3.05, 3.63) is 77.5 Å². The molecule has 0 amide bonds. The smallest absolute Gasteiger partial charge is 0.239 e. The molecule has 34 heavy (non-hydrogen) atoms. The van der Waals surface area contributed by atoms with Gasteiger partial charge < -0.3 is 25.2 Å². The molecule has 2 heterocycles. The zero-order valence-electron chi connectivity index (χ0n) is 19.6. The Morgan fingerprint density at radius 1 is 1.15 bits per heavy atom. The van der Waals surface area contributed by atoms with Crippen LogP contribution in [0.15, 0.2) is 48.9 Å². The summed E-state index contributed by atoms with van der Waals surface area (Å²) in [5, 5.41) is 22.2. The van der Waals surface area contributed by atoms with E-state index in [9.17, 15) is 23.4 Å². The van der Waals surface area contributed by atoms with Gasteiger partial charge in [0, 0.05) is 48.1 Å². The summed E-state index contributed by atoms with van der Waals surface area (Å²) in [6.07, 6.45) is 2.82. The summed E-state index contributed by atoms with van der Waals surface area (Å²) in [6, 6.07) is 2.83. The summed E-state index contributed by atoms with van der Waals surface area (Å²) in [5.74, 6) is -2.66. The molecule has 0 atom stereocenters. The van der Waals surface area contributed by atoms with Gasteiger partial charge in [-0.3, -0.25) is 0 Å². The number of aromatic nitrogens is 1. The molecule has 9 heteroatoms. The molecule has 3 rings (SSSR count). The van der Waals surface area contributed by atoms with Crippen molar-refractivity contribution < 1.29 is 28.1 Å². The molecule has 1 aliphatic rings. The molecule has 0 saturated carbocycles. The molecule has 0 aliphatic carbocycles. The zero-order chi connectivity index (χ0) is 25.4. The minimum Gasteiger partial charge on any atom is -0.508 e. The third-order valence-corrected chi connectivity index (χ3v) is 4.67. The summed E-state index contributed by atoms with van der Waals surface area (Å²) in [6.45, 7) is 13.5. The van der Waals surface area contributed by atoms with Crippen LogP contribution in [0.25, 0.3) is 5.57 Å². The normalized spacial score (nSPS) is 12.4. The second-order valence-electron chi connectivity index (χ2n) is 7.44.